The van der Waals surface area contributed by atoms with E-state index < -0.39 is 0 Å². The van der Waals surface area contributed by atoms with Crippen molar-refractivity contribution >= 4 is 17.6 Å². The third-order valence-electron chi connectivity index (χ3n) is 3.25. The number of carbonyl (C=O) groups is 1. The summed E-state index contributed by atoms with van der Waals surface area (Å²) in [4.78, 5) is 17.8. The molecule has 0 fully saturated rings. The average Bonchev–Trinajstić information content (AvgIpc) is 2.38. The number of para-hydroxylation sites is 1. The minimum absolute atomic E-state index is 0.0744. The first-order chi connectivity index (χ1) is 9.11. The molecule has 1 aromatic carbocycles. The fraction of sp³-hybridized carbons (Fsp3) is 0.429. The predicted octanol–water partition coefficient (Wildman–Crippen LogP) is 1.25. The van der Waals surface area contributed by atoms with Gasteiger partial charge in [0.25, 0.3) is 0 Å². The molecule has 19 heavy (non-hydrogen) atoms. The van der Waals surface area contributed by atoms with Crippen molar-refractivity contribution in [2.75, 3.05) is 33.0 Å². The van der Waals surface area contributed by atoms with Crippen LogP contribution < -0.4 is 10.6 Å². The van der Waals surface area contributed by atoms with Crippen LogP contribution in [0.3, 0.4) is 0 Å². The fourth-order valence-electron chi connectivity index (χ4n) is 2.34. The highest BCUT2D eigenvalue weighted by Crippen LogP contribution is 2.31. The molecule has 1 heterocycles. The molecular weight excluding hydrogens is 240 g/mol. The zero-order chi connectivity index (χ0) is 13.8. The summed E-state index contributed by atoms with van der Waals surface area (Å²) in [6.45, 7) is 0.704. The molecule has 1 aliphatic rings. The third-order valence-corrected chi connectivity index (χ3v) is 3.25. The third kappa shape index (κ3) is 3.05. The maximum Gasteiger partial charge on any atom is 0.225 e. The van der Waals surface area contributed by atoms with E-state index in [4.69, 9.17) is 0 Å². The highest BCUT2D eigenvalue weighted by molar-refractivity contribution is 5.94. The van der Waals surface area contributed by atoms with Gasteiger partial charge in [0.15, 0.2) is 5.96 Å². The Kier molecular flexibility index (Phi) is 4.04. The van der Waals surface area contributed by atoms with Crippen LogP contribution in [0.1, 0.15) is 17.9 Å². The van der Waals surface area contributed by atoms with Gasteiger partial charge in [-0.3, -0.25) is 9.79 Å². The Hall–Kier alpha value is -2.04. The summed E-state index contributed by atoms with van der Waals surface area (Å²) in [5.41, 5.74) is 2.11. The van der Waals surface area contributed by atoms with Crippen LogP contribution in [0.15, 0.2) is 29.3 Å². The molecule has 2 rings (SSSR count). The number of amides is 1. The topological polar surface area (TPSA) is 56.7 Å². The minimum Gasteiger partial charge on any atom is -0.356 e. The standard InChI is InChI=1S/C14H20N4O/c1-15-14(18(2)3)16-9-10-8-13(19)17-12-7-5-4-6-11(10)12/h4-7,10H,8-9H2,1-3H3,(H,15,16)(H,17,19). The lowest BCUT2D eigenvalue weighted by atomic mass is 9.90. The van der Waals surface area contributed by atoms with Crippen molar-refractivity contribution in [1.29, 1.82) is 0 Å². The predicted molar refractivity (Wildman–Crippen MR) is 77.5 cm³/mol. The lowest BCUT2D eigenvalue weighted by molar-refractivity contribution is -0.116. The molecule has 0 aromatic heterocycles. The van der Waals surface area contributed by atoms with Crippen LogP contribution in [0.4, 0.5) is 5.69 Å². The zero-order valence-corrected chi connectivity index (χ0v) is 11.6. The lowest BCUT2D eigenvalue weighted by Crippen LogP contribution is -2.39. The van der Waals surface area contributed by atoms with Crippen LogP contribution in [0.25, 0.3) is 0 Å². The van der Waals surface area contributed by atoms with Crippen molar-refractivity contribution in [3.63, 3.8) is 0 Å². The Bertz CT molecular complexity index is 496. The molecule has 0 aliphatic carbocycles. The molecule has 5 nitrogen and oxygen atoms in total. The summed E-state index contributed by atoms with van der Waals surface area (Å²) in [6.07, 6.45) is 0.508. The number of aliphatic imine (C=N–C) groups is 1. The van der Waals surface area contributed by atoms with Crippen molar-refractivity contribution in [2.45, 2.75) is 12.3 Å². The number of rotatable bonds is 2. The molecule has 0 bridgehead atoms. The molecule has 102 valence electrons. The van der Waals surface area contributed by atoms with Gasteiger partial charge in [0, 0.05) is 45.7 Å². The van der Waals surface area contributed by atoms with Gasteiger partial charge >= 0.3 is 0 Å². The Balaban J connectivity index is 2.11. The van der Waals surface area contributed by atoms with Gasteiger partial charge in [-0.15, -0.1) is 0 Å². The van der Waals surface area contributed by atoms with E-state index in [1.54, 1.807) is 7.05 Å². The van der Waals surface area contributed by atoms with Crippen LogP contribution >= 0.6 is 0 Å². The molecule has 0 spiro atoms. The van der Waals surface area contributed by atoms with Gasteiger partial charge in [-0.05, 0) is 11.6 Å². The SMILES string of the molecule is CN=C(NCC1CC(=O)Nc2ccccc21)N(C)C. The Morgan fingerprint density at radius 1 is 1.47 bits per heavy atom. The molecular formula is C14H20N4O. The van der Waals surface area contributed by atoms with E-state index in [2.05, 4.69) is 21.7 Å². The maximum absolute atomic E-state index is 11.7. The summed E-state index contributed by atoms with van der Waals surface area (Å²) in [5, 5.41) is 6.20. The molecule has 2 N–H and O–H groups in total. The van der Waals surface area contributed by atoms with Crippen molar-refractivity contribution < 1.29 is 4.79 Å². The molecule has 1 unspecified atom stereocenters. The second kappa shape index (κ2) is 5.73. The van der Waals surface area contributed by atoms with Gasteiger partial charge in [-0.2, -0.15) is 0 Å². The number of anilines is 1. The number of hydrogen-bond acceptors (Lipinski definition) is 2. The Morgan fingerprint density at radius 2 is 2.21 bits per heavy atom. The summed E-state index contributed by atoms with van der Waals surface area (Å²) in [7, 11) is 5.64. The fourth-order valence-corrected chi connectivity index (χ4v) is 2.34. The number of nitrogens with zero attached hydrogens (tertiary/aromatic N) is 2. The Morgan fingerprint density at radius 3 is 2.89 bits per heavy atom. The average molecular weight is 260 g/mol. The largest absolute Gasteiger partial charge is 0.356 e. The molecule has 0 saturated heterocycles. The first-order valence-corrected chi connectivity index (χ1v) is 6.38. The van der Waals surface area contributed by atoms with Crippen LogP contribution in [0.2, 0.25) is 0 Å². The number of benzene rings is 1. The molecule has 5 heteroatoms. The zero-order valence-electron chi connectivity index (χ0n) is 11.6. The number of nitrogens with one attached hydrogen (secondary N) is 2. The Labute approximate surface area is 113 Å². The quantitative estimate of drug-likeness (QED) is 0.621. The van der Waals surface area contributed by atoms with E-state index in [-0.39, 0.29) is 11.8 Å². The van der Waals surface area contributed by atoms with Crippen LogP contribution in [0.5, 0.6) is 0 Å². The number of hydrogen-bond donors (Lipinski definition) is 2. The summed E-state index contributed by atoms with van der Waals surface area (Å²) in [6, 6.07) is 7.96. The van der Waals surface area contributed by atoms with Crippen LogP contribution in [-0.4, -0.2) is 44.5 Å². The number of guanidine groups is 1. The van der Waals surface area contributed by atoms with Crippen molar-refractivity contribution in [1.82, 2.24) is 10.2 Å². The highest BCUT2D eigenvalue weighted by Gasteiger charge is 2.24. The summed E-state index contributed by atoms with van der Waals surface area (Å²) in [5.74, 6) is 1.08. The monoisotopic (exact) mass is 260 g/mol. The second-order valence-electron chi connectivity index (χ2n) is 4.86. The van der Waals surface area contributed by atoms with Gasteiger partial charge in [0.2, 0.25) is 5.91 Å². The van der Waals surface area contributed by atoms with E-state index in [1.807, 2.05) is 37.2 Å². The van der Waals surface area contributed by atoms with E-state index in [0.717, 1.165) is 11.6 Å². The normalized spacial score (nSPS) is 18.6. The molecule has 1 aromatic rings. The highest BCUT2D eigenvalue weighted by atomic mass is 16.1. The first kappa shape index (κ1) is 13.4. The van der Waals surface area contributed by atoms with E-state index in [9.17, 15) is 4.79 Å². The van der Waals surface area contributed by atoms with Gasteiger partial charge in [-0.25, -0.2) is 0 Å². The van der Waals surface area contributed by atoms with Crippen LogP contribution in [0, 0.1) is 0 Å². The van der Waals surface area contributed by atoms with Crippen molar-refractivity contribution in [3.05, 3.63) is 29.8 Å². The summed E-state index contributed by atoms with van der Waals surface area (Å²) >= 11 is 0. The van der Waals surface area contributed by atoms with Gasteiger partial charge in [0.1, 0.15) is 0 Å². The molecule has 0 radical (unpaired) electrons. The van der Waals surface area contributed by atoms with Crippen molar-refractivity contribution in [2.24, 2.45) is 4.99 Å². The number of fused-ring (bicyclic) bond motifs is 1. The second-order valence-corrected chi connectivity index (χ2v) is 4.86. The molecule has 0 saturated carbocycles. The van der Waals surface area contributed by atoms with Gasteiger partial charge in [0.05, 0.1) is 0 Å². The lowest BCUT2D eigenvalue weighted by Gasteiger charge is -2.27. The van der Waals surface area contributed by atoms with E-state index in [0.29, 0.717) is 13.0 Å². The van der Waals surface area contributed by atoms with E-state index in [1.165, 1.54) is 5.56 Å². The maximum atomic E-state index is 11.7. The molecule has 1 aliphatic heterocycles. The smallest absolute Gasteiger partial charge is 0.225 e. The molecule has 1 amide bonds. The number of carbonyl (C=O) groups excluding carboxylic acids is 1. The van der Waals surface area contributed by atoms with Gasteiger partial charge in [-0.1, -0.05) is 18.2 Å². The minimum atomic E-state index is 0.0744. The van der Waals surface area contributed by atoms with E-state index >= 15 is 0 Å². The molecule has 1 atom stereocenters. The first-order valence-electron chi connectivity index (χ1n) is 6.38. The van der Waals surface area contributed by atoms with Gasteiger partial charge < -0.3 is 15.5 Å². The summed E-state index contributed by atoms with van der Waals surface area (Å²) < 4.78 is 0. The van der Waals surface area contributed by atoms with Crippen molar-refractivity contribution in [3.8, 4) is 0 Å². The van der Waals surface area contributed by atoms with Crippen LogP contribution in [-0.2, 0) is 4.79 Å².